The third-order valence-corrected chi connectivity index (χ3v) is 1.69. The van der Waals surface area contributed by atoms with Crippen LogP contribution in [0.25, 0.3) is 0 Å². The number of thiazole rings is 1. The van der Waals surface area contributed by atoms with Crippen LogP contribution in [0.5, 0.6) is 0 Å². The molecular formula is C5H5N2S2. The van der Waals surface area contributed by atoms with Gasteiger partial charge < -0.3 is 5.73 Å². The van der Waals surface area contributed by atoms with Gasteiger partial charge in [0.15, 0.2) is 5.13 Å². The zero-order valence-corrected chi connectivity index (χ0v) is 6.26. The highest BCUT2D eigenvalue weighted by Gasteiger charge is 1.98. The predicted molar refractivity (Wildman–Crippen MR) is 43.6 cm³/mol. The lowest BCUT2D eigenvalue weighted by Crippen LogP contribution is -1.91. The Kier molecular flexibility index (Phi) is 1.78. The largest absolute Gasteiger partial charge is 0.375 e. The first-order valence-electron chi connectivity index (χ1n) is 2.27. The second-order valence-electron chi connectivity index (χ2n) is 1.49. The third-order valence-electron chi connectivity index (χ3n) is 0.808. The van der Waals surface area contributed by atoms with E-state index in [1.165, 1.54) is 11.3 Å². The molecule has 0 unspecified atom stereocenters. The lowest BCUT2D eigenvalue weighted by molar-refractivity contribution is 1.40. The van der Waals surface area contributed by atoms with Crippen LogP contribution in [0.4, 0.5) is 5.13 Å². The molecule has 1 aromatic heterocycles. The monoisotopic (exact) mass is 157 g/mol. The van der Waals surface area contributed by atoms with Crippen molar-refractivity contribution in [2.75, 3.05) is 5.73 Å². The summed E-state index contributed by atoms with van der Waals surface area (Å²) in [5.41, 5.74) is 6.05. The van der Waals surface area contributed by atoms with Gasteiger partial charge in [0.05, 0.1) is 5.69 Å². The van der Waals surface area contributed by atoms with Gasteiger partial charge in [-0.1, -0.05) is 12.2 Å². The van der Waals surface area contributed by atoms with Crippen LogP contribution in [-0.2, 0) is 0 Å². The van der Waals surface area contributed by atoms with Crippen molar-refractivity contribution in [3.63, 3.8) is 0 Å². The summed E-state index contributed by atoms with van der Waals surface area (Å²) in [6.45, 7) is 3.54. The average Bonchev–Trinajstić information content (AvgIpc) is 2.14. The maximum atomic E-state index is 5.34. The fraction of sp³-hybridized carbons (Fsp3) is 0. The first-order valence-corrected chi connectivity index (χ1v) is 3.56. The molecule has 1 radical (unpaired) electrons. The first-order chi connectivity index (χ1) is 4.20. The van der Waals surface area contributed by atoms with Crippen molar-refractivity contribution in [3.05, 3.63) is 18.0 Å². The summed E-state index contributed by atoms with van der Waals surface area (Å²) in [4.78, 5) is 4.45. The lowest BCUT2D eigenvalue weighted by atomic mass is 10.4. The Hall–Kier alpha value is -0.480. The van der Waals surface area contributed by atoms with Gasteiger partial charge in [0, 0.05) is 10.2 Å². The van der Waals surface area contributed by atoms with Crippen molar-refractivity contribution in [2.45, 2.75) is 0 Å². The molecule has 0 saturated carbocycles. The molecule has 1 aromatic rings. The minimum atomic E-state index is 0.538. The van der Waals surface area contributed by atoms with Crippen molar-refractivity contribution < 1.29 is 0 Å². The topological polar surface area (TPSA) is 38.9 Å². The molecule has 0 aliphatic carbocycles. The van der Waals surface area contributed by atoms with Gasteiger partial charge >= 0.3 is 0 Å². The number of nitrogens with two attached hydrogens (primary N) is 1. The average molecular weight is 157 g/mol. The summed E-state index contributed by atoms with van der Waals surface area (Å²) in [5.74, 6) is 0. The zero-order chi connectivity index (χ0) is 6.85. The zero-order valence-electron chi connectivity index (χ0n) is 4.63. The molecule has 1 rings (SSSR count). The quantitative estimate of drug-likeness (QED) is 0.493. The number of aromatic nitrogens is 1. The molecule has 0 bridgehead atoms. The number of anilines is 1. The van der Waals surface area contributed by atoms with Crippen molar-refractivity contribution in [1.82, 2.24) is 4.98 Å². The summed E-state index contributed by atoms with van der Waals surface area (Å²) in [6, 6.07) is 0. The summed E-state index contributed by atoms with van der Waals surface area (Å²) in [6.07, 6.45) is 0. The SMILES string of the molecule is [CH2]C(=S)c1csc(N)n1. The molecule has 2 nitrogen and oxygen atoms in total. The Morgan fingerprint density at radius 3 is 2.78 bits per heavy atom. The summed E-state index contributed by atoms with van der Waals surface area (Å²) in [7, 11) is 0. The van der Waals surface area contributed by atoms with E-state index in [-0.39, 0.29) is 0 Å². The van der Waals surface area contributed by atoms with E-state index in [0.717, 1.165) is 0 Å². The van der Waals surface area contributed by atoms with Crippen LogP contribution in [0.15, 0.2) is 5.38 Å². The summed E-state index contributed by atoms with van der Waals surface area (Å²) >= 11 is 6.12. The predicted octanol–water partition coefficient (Wildman–Crippen LogP) is 1.28. The Labute approximate surface area is 62.7 Å². The van der Waals surface area contributed by atoms with Crippen molar-refractivity contribution in [1.29, 1.82) is 0 Å². The van der Waals surface area contributed by atoms with Crippen molar-refractivity contribution in [3.8, 4) is 0 Å². The highest BCUT2D eigenvalue weighted by atomic mass is 32.1. The minimum Gasteiger partial charge on any atom is -0.375 e. The smallest absolute Gasteiger partial charge is 0.180 e. The van der Waals surface area contributed by atoms with E-state index in [1.807, 2.05) is 0 Å². The Balaban J connectivity index is 2.98. The molecule has 4 heteroatoms. The second-order valence-corrected chi connectivity index (χ2v) is 2.88. The van der Waals surface area contributed by atoms with Crippen molar-refractivity contribution in [2.24, 2.45) is 0 Å². The number of thiocarbonyl (C=S) groups is 1. The van der Waals surface area contributed by atoms with Crippen LogP contribution in [-0.4, -0.2) is 9.85 Å². The van der Waals surface area contributed by atoms with E-state index in [2.05, 4.69) is 11.9 Å². The van der Waals surface area contributed by atoms with Gasteiger partial charge in [-0.15, -0.1) is 11.3 Å². The Morgan fingerprint density at radius 1 is 1.89 bits per heavy atom. The van der Waals surface area contributed by atoms with Crippen LogP contribution >= 0.6 is 23.6 Å². The lowest BCUT2D eigenvalue weighted by Gasteiger charge is -1.83. The Morgan fingerprint density at radius 2 is 2.56 bits per heavy atom. The normalized spacial score (nSPS) is 9.44. The molecule has 9 heavy (non-hydrogen) atoms. The molecule has 0 aliphatic heterocycles. The summed E-state index contributed by atoms with van der Waals surface area (Å²) < 4.78 is 0. The standard InChI is InChI=1S/C5H5N2S2/c1-3(8)4-2-9-5(6)7-4/h2H,1H2,(H2,6,7). The molecule has 0 aliphatic rings. The summed E-state index contributed by atoms with van der Waals surface area (Å²) in [5, 5.41) is 2.33. The maximum Gasteiger partial charge on any atom is 0.180 e. The van der Waals surface area contributed by atoms with Crippen LogP contribution in [0.3, 0.4) is 0 Å². The van der Waals surface area contributed by atoms with E-state index in [4.69, 9.17) is 18.0 Å². The molecule has 0 atom stereocenters. The van der Waals surface area contributed by atoms with Crippen LogP contribution in [0, 0.1) is 6.92 Å². The van der Waals surface area contributed by atoms with Gasteiger partial charge in [0.1, 0.15) is 0 Å². The Bertz CT molecular complexity index is 229. The molecule has 47 valence electrons. The molecule has 0 spiro atoms. The van der Waals surface area contributed by atoms with Gasteiger partial charge in [-0.05, 0) is 6.92 Å². The van der Waals surface area contributed by atoms with Crippen LogP contribution in [0.1, 0.15) is 5.69 Å². The van der Waals surface area contributed by atoms with Gasteiger partial charge in [-0.2, -0.15) is 0 Å². The van der Waals surface area contributed by atoms with E-state index < -0.39 is 0 Å². The maximum absolute atomic E-state index is 5.34. The number of nitrogen functional groups attached to an aromatic ring is 1. The number of hydrogen-bond acceptors (Lipinski definition) is 4. The van der Waals surface area contributed by atoms with E-state index in [1.54, 1.807) is 5.38 Å². The first kappa shape index (κ1) is 6.64. The van der Waals surface area contributed by atoms with Gasteiger partial charge in [-0.3, -0.25) is 0 Å². The third kappa shape index (κ3) is 1.46. The van der Waals surface area contributed by atoms with Gasteiger partial charge in [0.25, 0.3) is 0 Å². The molecule has 0 fully saturated rings. The molecular weight excluding hydrogens is 152 g/mol. The van der Waals surface area contributed by atoms with Gasteiger partial charge in [-0.25, -0.2) is 4.98 Å². The van der Waals surface area contributed by atoms with Crippen LogP contribution < -0.4 is 5.73 Å². The van der Waals surface area contributed by atoms with E-state index >= 15 is 0 Å². The number of rotatable bonds is 1. The minimum absolute atomic E-state index is 0.538. The fourth-order valence-corrected chi connectivity index (χ4v) is 1.17. The van der Waals surface area contributed by atoms with Crippen LogP contribution in [0.2, 0.25) is 0 Å². The highest BCUT2D eigenvalue weighted by molar-refractivity contribution is 7.81. The molecule has 2 N–H and O–H groups in total. The second kappa shape index (κ2) is 2.41. The molecule has 0 saturated heterocycles. The fourth-order valence-electron chi connectivity index (χ4n) is 0.416. The molecule has 0 amide bonds. The van der Waals surface area contributed by atoms with Gasteiger partial charge in [0.2, 0.25) is 0 Å². The number of hydrogen-bond donors (Lipinski definition) is 1. The van der Waals surface area contributed by atoms with E-state index in [9.17, 15) is 0 Å². The molecule has 0 aromatic carbocycles. The molecule has 1 heterocycles. The highest BCUT2D eigenvalue weighted by Crippen LogP contribution is 2.11. The van der Waals surface area contributed by atoms with E-state index in [0.29, 0.717) is 15.7 Å². The number of nitrogens with zero attached hydrogens (tertiary/aromatic N) is 1. The van der Waals surface area contributed by atoms with Crippen molar-refractivity contribution >= 4 is 33.6 Å².